The van der Waals surface area contributed by atoms with Gasteiger partial charge in [-0.2, -0.15) is 0 Å². The van der Waals surface area contributed by atoms with E-state index in [1.54, 1.807) is 32.0 Å². The number of esters is 1. The van der Waals surface area contributed by atoms with E-state index in [9.17, 15) is 14.4 Å². The first kappa shape index (κ1) is 19.5. The zero-order valence-electron chi connectivity index (χ0n) is 15.7. The molecule has 2 saturated heterocycles. The maximum atomic E-state index is 15.7. The van der Waals surface area contributed by atoms with E-state index < -0.39 is 53.9 Å². The van der Waals surface area contributed by atoms with Crippen molar-refractivity contribution >= 4 is 5.97 Å². The molecule has 1 aromatic heterocycles. The molecule has 0 spiro atoms. The van der Waals surface area contributed by atoms with Crippen molar-refractivity contribution in [2.75, 3.05) is 6.61 Å². The number of halogens is 1. The summed E-state index contributed by atoms with van der Waals surface area (Å²) < 4.78 is 38.7. The van der Waals surface area contributed by atoms with Crippen molar-refractivity contribution < 1.29 is 28.1 Å². The zero-order valence-corrected chi connectivity index (χ0v) is 15.7. The van der Waals surface area contributed by atoms with Crippen LogP contribution in [0.3, 0.4) is 0 Å². The number of hydrogen-bond donors (Lipinski definition) is 1. The first-order chi connectivity index (χ1) is 13.7. The summed E-state index contributed by atoms with van der Waals surface area (Å²) in [5.41, 5.74) is -1.14. The van der Waals surface area contributed by atoms with E-state index in [1.807, 2.05) is 0 Å². The number of ether oxygens (including phenoxy) is 4. The number of aromatic nitrogens is 2. The molecule has 2 aliphatic rings. The largest absolute Gasteiger partial charge is 0.456 e. The maximum Gasteiger partial charge on any atom is 0.338 e. The molecule has 1 aromatic carbocycles. The van der Waals surface area contributed by atoms with Crippen LogP contribution in [0.25, 0.3) is 0 Å². The van der Waals surface area contributed by atoms with Crippen molar-refractivity contribution in [2.45, 2.75) is 43.9 Å². The second kappa shape index (κ2) is 6.90. The molecule has 154 valence electrons. The molecule has 10 heteroatoms. The van der Waals surface area contributed by atoms with Crippen molar-refractivity contribution in [3.63, 3.8) is 0 Å². The predicted molar refractivity (Wildman–Crippen MR) is 95.8 cm³/mol. The molecule has 0 bridgehead atoms. The highest BCUT2D eigenvalue weighted by molar-refractivity contribution is 5.89. The van der Waals surface area contributed by atoms with Crippen molar-refractivity contribution in [1.29, 1.82) is 0 Å². The summed E-state index contributed by atoms with van der Waals surface area (Å²) in [6.45, 7) is 2.42. The van der Waals surface area contributed by atoms with Crippen LogP contribution < -0.4 is 11.2 Å². The van der Waals surface area contributed by atoms with Crippen LogP contribution in [-0.2, 0) is 18.9 Å². The van der Waals surface area contributed by atoms with Gasteiger partial charge in [0.1, 0.15) is 6.10 Å². The molecule has 1 N–H and O–H groups in total. The Balaban J connectivity index is 1.60. The van der Waals surface area contributed by atoms with Gasteiger partial charge in [0.15, 0.2) is 24.7 Å². The molecule has 0 unspecified atom stereocenters. The molecule has 2 aromatic rings. The number of carbonyl (C=O) groups excluding carboxylic acids is 1. The predicted octanol–water partition coefficient (Wildman–Crippen LogP) is 1.11. The minimum atomic E-state index is -2.57. The van der Waals surface area contributed by atoms with Crippen LogP contribution in [0.2, 0.25) is 0 Å². The van der Waals surface area contributed by atoms with Gasteiger partial charge in [-0.1, -0.05) is 18.2 Å². The molecular weight excluding hydrogens is 387 g/mol. The van der Waals surface area contributed by atoms with Crippen molar-refractivity contribution in [2.24, 2.45) is 0 Å². The molecule has 0 radical (unpaired) electrons. The van der Waals surface area contributed by atoms with Crippen LogP contribution in [0, 0.1) is 0 Å². The summed E-state index contributed by atoms with van der Waals surface area (Å²) in [4.78, 5) is 37.8. The lowest BCUT2D eigenvalue weighted by Crippen LogP contribution is -2.43. The van der Waals surface area contributed by atoms with Crippen molar-refractivity contribution in [1.82, 2.24) is 9.55 Å². The molecule has 2 fully saturated rings. The number of aromatic amines is 1. The van der Waals surface area contributed by atoms with E-state index in [0.29, 0.717) is 0 Å². The number of nitrogens with zero attached hydrogens (tertiary/aromatic N) is 1. The average molecular weight is 406 g/mol. The Bertz CT molecular complexity index is 1030. The van der Waals surface area contributed by atoms with Gasteiger partial charge in [0.25, 0.3) is 11.4 Å². The second-order valence-corrected chi connectivity index (χ2v) is 7.27. The highest BCUT2D eigenvalue weighted by Crippen LogP contribution is 2.48. The van der Waals surface area contributed by atoms with E-state index in [2.05, 4.69) is 4.98 Å². The molecule has 3 heterocycles. The van der Waals surface area contributed by atoms with E-state index in [-0.39, 0.29) is 5.56 Å². The van der Waals surface area contributed by atoms with Crippen LogP contribution in [0.4, 0.5) is 4.39 Å². The van der Waals surface area contributed by atoms with E-state index in [4.69, 9.17) is 18.9 Å². The standard InChI is InChI=1S/C19H19FN2O7/c1-18(2)27-13-14(28-18)19(20,10-26-16(24)11-6-4-3-5-7-11)29-15(13)22-9-8-12(23)21-17(22)25/h3-9,13-15H,10H2,1-2H3,(H,21,23,25)/t13-,14+,15-,19-/m1/s1. The van der Waals surface area contributed by atoms with Crippen LogP contribution in [0.5, 0.6) is 0 Å². The number of hydrogen-bond acceptors (Lipinski definition) is 7. The van der Waals surface area contributed by atoms with Crippen LogP contribution >= 0.6 is 0 Å². The van der Waals surface area contributed by atoms with Crippen molar-refractivity contribution in [3.8, 4) is 0 Å². The molecule has 4 atom stereocenters. The summed E-state index contributed by atoms with van der Waals surface area (Å²) >= 11 is 0. The number of carbonyl (C=O) groups is 1. The van der Waals surface area contributed by atoms with E-state index in [0.717, 1.165) is 10.6 Å². The maximum absolute atomic E-state index is 15.7. The van der Waals surface area contributed by atoms with Gasteiger partial charge < -0.3 is 18.9 Å². The van der Waals surface area contributed by atoms with Gasteiger partial charge in [-0.15, -0.1) is 0 Å². The van der Waals surface area contributed by atoms with Gasteiger partial charge in [0, 0.05) is 12.3 Å². The first-order valence-corrected chi connectivity index (χ1v) is 8.95. The zero-order chi connectivity index (χ0) is 20.8. The molecule has 9 nitrogen and oxygen atoms in total. The van der Waals surface area contributed by atoms with Gasteiger partial charge in [-0.25, -0.2) is 14.0 Å². The molecule has 0 aliphatic carbocycles. The third kappa shape index (κ3) is 3.61. The molecular formula is C19H19FN2O7. The summed E-state index contributed by atoms with van der Waals surface area (Å²) in [5.74, 6) is -4.45. The van der Waals surface area contributed by atoms with Gasteiger partial charge in [0.2, 0.25) is 0 Å². The van der Waals surface area contributed by atoms with Crippen LogP contribution in [0.1, 0.15) is 30.4 Å². The number of nitrogens with one attached hydrogen (secondary N) is 1. The lowest BCUT2D eigenvalue weighted by Gasteiger charge is -2.28. The van der Waals surface area contributed by atoms with Crippen molar-refractivity contribution in [3.05, 3.63) is 69.0 Å². The first-order valence-electron chi connectivity index (χ1n) is 8.95. The Morgan fingerprint density at radius 2 is 1.90 bits per heavy atom. The Hall–Kier alpha value is -2.82. The molecule has 29 heavy (non-hydrogen) atoms. The fourth-order valence-electron chi connectivity index (χ4n) is 3.45. The third-order valence-corrected chi connectivity index (χ3v) is 4.69. The number of alkyl halides is 1. The minimum Gasteiger partial charge on any atom is -0.456 e. The Morgan fingerprint density at radius 3 is 2.59 bits per heavy atom. The lowest BCUT2D eigenvalue weighted by molar-refractivity contribution is -0.265. The number of fused-ring (bicyclic) bond motifs is 1. The quantitative estimate of drug-likeness (QED) is 0.758. The second-order valence-electron chi connectivity index (χ2n) is 7.27. The molecule has 2 aliphatic heterocycles. The number of rotatable bonds is 4. The minimum absolute atomic E-state index is 0.253. The number of H-pyrrole nitrogens is 1. The monoisotopic (exact) mass is 406 g/mol. The summed E-state index contributed by atoms with van der Waals surface area (Å²) in [7, 11) is 0. The molecule has 0 amide bonds. The lowest BCUT2D eigenvalue weighted by atomic mass is 10.1. The Morgan fingerprint density at radius 1 is 1.17 bits per heavy atom. The highest BCUT2D eigenvalue weighted by Gasteiger charge is 2.65. The van der Waals surface area contributed by atoms with E-state index >= 15 is 4.39 Å². The van der Waals surface area contributed by atoms with Crippen LogP contribution in [-0.4, -0.2) is 46.0 Å². The summed E-state index contributed by atoms with van der Waals surface area (Å²) in [6, 6.07) is 9.21. The topological polar surface area (TPSA) is 109 Å². The molecule has 4 rings (SSSR count). The Kier molecular flexibility index (Phi) is 4.64. The fourth-order valence-corrected chi connectivity index (χ4v) is 3.45. The van der Waals surface area contributed by atoms with Gasteiger partial charge >= 0.3 is 11.7 Å². The Labute approximate surface area is 164 Å². The van der Waals surface area contributed by atoms with E-state index in [1.165, 1.54) is 18.3 Å². The smallest absolute Gasteiger partial charge is 0.338 e. The van der Waals surface area contributed by atoms with Gasteiger partial charge in [0.05, 0.1) is 5.56 Å². The fraction of sp³-hybridized carbons (Fsp3) is 0.421. The van der Waals surface area contributed by atoms with Gasteiger partial charge in [-0.3, -0.25) is 14.3 Å². The SMILES string of the molecule is CC1(C)O[C@H]2[C@H](n3ccc(=O)[nH]c3=O)O[C@](F)(COC(=O)c3ccccc3)[C@H]2O1. The van der Waals surface area contributed by atoms with Crippen LogP contribution in [0.15, 0.2) is 52.2 Å². The molecule has 0 saturated carbocycles. The number of benzene rings is 1. The third-order valence-electron chi connectivity index (χ3n) is 4.69. The van der Waals surface area contributed by atoms with Gasteiger partial charge in [-0.05, 0) is 26.0 Å². The average Bonchev–Trinajstić information content (AvgIpc) is 3.13. The normalized spacial score (nSPS) is 30.1. The highest BCUT2D eigenvalue weighted by atomic mass is 19.2. The summed E-state index contributed by atoms with van der Waals surface area (Å²) in [5, 5.41) is 0. The summed E-state index contributed by atoms with van der Waals surface area (Å²) in [6.07, 6.45) is -2.32.